The van der Waals surface area contributed by atoms with E-state index in [1.807, 2.05) is 0 Å². The summed E-state index contributed by atoms with van der Waals surface area (Å²) in [5, 5.41) is -1.05. The molecule has 1 atom stereocenters. The van der Waals surface area contributed by atoms with Crippen molar-refractivity contribution in [1.29, 1.82) is 0 Å². The summed E-state index contributed by atoms with van der Waals surface area (Å²) in [6.45, 7) is 0. The van der Waals surface area contributed by atoms with Gasteiger partial charge < -0.3 is 0 Å². The Morgan fingerprint density at radius 2 is 1.88 bits per heavy atom. The first-order chi connectivity index (χ1) is 3.61. The molecule has 0 N–H and O–H groups in total. The van der Waals surface area contributed by atoms with Crippen LogP contribution in [0.15, 0.2) is 0 Å². The average molecular weight is 142 g/mol. The highest BCUT2D eigenvalue weighted by Crippen LogP contribution is 2.40. The first kappa shape index (κ1) is 6.26. The molecule has 8 heavy (non-hydrogen) atoms. The first-order valence-electron chi connectivity index (χ1n) is 2.29. The Morgan fingerprint density at radius 3 is 1.88 bits per heavy atom. The topological polar surface area (TPSA) is 0 Å². The maximum atomic E-state index is 11.5. The molecule has 0 radical (unpaired) electrons. The first-order valence-corrected chi connectivity index (χ1v) is 3.34. The maximum absolute atomic E-state index is 11.5. The molecule has 0 amide bonds. The minimum atomic E-state index is -3.94. The zero-order chi connectivity index (χ0) is 6.20. The van der Waals surface area contributed by atoms with Gasteiger partial charge in [-0.3, -0.25) is 0 Å². The van der Waals surface area contributed by atoms with Gasteiger partial charge in [0.2, 0.25) is 0 Å². The van der Waals surface area contributed by atoms with Crippen molar-refractivity contribution >= 4 is 11.8 Å². The van der Waals surface area contributed by atoms with Crippen LogP contribution in [0.3, 0.4) is 0 Å². The van der Waals surface area contributed by atoms with Gasteiger partial charge >= 0.3 is 6.18 Å². The van der Waals surface area contributed by atoms with E-state index in [1.165, 1.54) is 0 Å². The number of hydrogen-bond donors (Lipinski definition) is 0. The van der Waals surface area contributed by atoms with E-state index in [1.54, 1.807) is 0 Å². The minimum Gasteiger partial charge on any atom is -0.170 e. The molecule has 1 unspecified atom stereocenters. The van der Waals surface area contributed by atoms with Crippen molar-refractivity contribution < 1.29 is 13.2 Å². The second-order valence-electron chi connectivity index (χ2n) is 1.69. The summed E-state index contributed by atoms with van der Waals surface area (Å²) in [6.07, 6.45) is -3.63. The number of hydrogen-bond acceptors (Lipinski definition) is 1. The Morgan fingerprint density at radius 1 is 1.38 bits per heavy atom. The van der Waals surface area contributed by atoms with E-state index in [9.17, 15) is 13.2 Å². The molecule has 1 fully saturated rings. The Kier molecular flexibility index (Phi) is 1.43. The van der Waals surface area contributed by atoms with Crippen LogP contribution in [-0.2, 0) is 0 Å². The number of thioether (sulfide) groups is 1. The third-order valence-corrected chi connectivity index (χ3v) is 2.44. The normalized spacial score (nSPS) is 29.6. The summed E-state index contributed by atoms with van der Waals surface area (Å²) < 4.78 is 34.4. The van der Waals surface area contributed by atoms with Gasteiger partial charge in [-0.2, -0.15) is 13.2 Å². The molecule has 0 nitrogen and oxygen atoms in total. The molecule has 0 aromatic heterocycles. The largest absolute Gasteiger partial charge is 0.400 e. The fourth-order valence-corrected chi connectivity index (χ4v) is 1.15. The molecule has 1 aliphatic heterocycles. The molecule has 0 aromatic rings. The average Bonchev–Trinajstić information content (AvgIpc) is 1.16. The number of halogens is 3. The second-order valence-corrected chi connectivity index (χ2v) is 3.00. The molecule has 1 rings (SSSR count). The fourth-order valence-electron chi connectivity index (χ4n) is 0.494. The van der Waals surface area contributed by atoms with Crippen LogP contribution in [0.1, 0.15) is 6.42 Å². The predicted octanol–water partition coefficient (Wildman–Crippen LogP) is 2.05. The van der Waals surface area contributed by atoms with Gasteiger partial charge in [-0.1, -0.05) is 0 Å². The zero-order valence-corrected chi connectivity index (χ0v) is 4.85. The van der Waals surface area contributed by atoms with Crippen LogP contribution in [0.25, 0.3) is 0 Å². The van der Waals surface area contributed by atoms with E-state index in [-0.39, 0.29) is 0 Å². The maximum Gasteiger partial charge on any atom is 0.400 e. The molecule has 48 valence electrons. The number of alkyl halides is 3. The lowest BCUT2D eigenvalue weighted by atomic mass is 10.3. The Bertz CT molecular complexity index is 83.8. The van der Waals surface area contributed by atoms with Crippen molar-refractivity contribution in [2.45, 2.75) is 17.8 Å². The smallest absolute Gasteiger partial charge is 0.170 e. The van der Waals surface area contributed by atoms with Crippen LogP contribution in [0.2, 0.25) is 0 Å². The highest BCUT2D eigenvalue weighted by atomic mass is 32.2. The van der Waals surface area contributed by atoms with E-state index in [0.717, 1.165) is 11.8 Å². The standard InChI is InChI=1S/C4H5F3S/c5-4(6,7)3-1-2-8-3/h3H,1-2H2. The lowest BCUT2D eigenvalue weighted by Gasteiger charge is -2.26. The third-order valence-electron chi connectivity index (χ3n) is 1.06. The molecule has 0 aliphatic carbocycles. The van der Waals surface area contributed by atoms with E-state index < -0.39 is 11.4 Å². The Balaban J connectivity index is 2.34. The molecule has 0 spiro atoms. The van der Waals surface area contributed by atoms with Crippen LogP contribution in [0.5, 0.6) is 0 Å². The lowest BCUT2D eigenvalue weighted by Crippen LogP contribution is -2.32. The van der Waals surface area contributed by atoms with Crippen molar-refractivity contribution in [2.75, 3.05) is 5.75 Å². The summed E-state index contributed by atoms with van der Waals surface area (Å²) in [7, 11) is 0. The van der Waals surface area contributed by atoms with Crippen LogP contribution in [0, 0.1) is 0 Å². The van der Waals surface area contributed by atoms with Gasteiger partial charge in [0, 0.05) is 0 Å². The van der Waals surface area contributed by atoms with Crippen LogP contribution in [0.4, 0.5) is 13.2 Å². The van der Waals surface area contributed by atoms with Crippen LogP contribution in [-0.4, -0.2) is 17.2 Å². The molecule has 1 aliphatic rings. The van der Waals surface area contributed by atoms with E-state index in [4.69, 9.17) is 0 Å². The monoisotopic (exact) mass is 142 g/mol. The van der Waals surface area contributed by atoms with Crippen molar-refractivity contribution in [3.8, 4) is 0 Å². The van der Waals surface area contributed by atoms with E-state index >= 15 is 0 Å². The molecule has 4 heteroatoms. The third kappa shape index (κ3) is 1.10. The predicted molar refractivity (Wildman–Crippen MR) is 26.9 cm³/mol. The molecule has 1 heterocycles. The highest BCUT2D eigenvalue weighted by molar-refractivity contribution is 8.01. The molecule has 1 saturated heterocycles. The molecule has 0 aromatic carbocycles. The quantitative estimate of drug-likeness (QED) is 0.498. The molecular weight excluding hydrogens is 137 g/mol. The van der Waals surface area contributed by atoms with Crippen LogP contribution < -0.4 is 0 Å². The Hall–Kier alpha value is 0.140. The minimum absolute atomic E-state index is 0.314. The second kappa shape index (κ2) is 1.83. The van der Waals surface area contributed by atoms with Gasteiger partial charge in [0.05, 0.1) is 0 Å². The van der Waals surface area contributed by atoms with Gasteiger partial charge in [0.15, 0.2) is 0 Å². The highest BCUT2D eigenvalue weighted by Gasteiger charge is 2.43. The van der Waals surface area contributed by atoms with Gasteiger partial charge in [0.25, 0.3) is 0 Å². The SMILES string of the molecule is FC(F)(F)C1CCS1. The van der Waals surface area contributed by atoms with E-state index in [0.29, 0.717) is 12.2 Å². The summed E-state index contributed by atoms with van der Waals surface area (Å²) in [5.74, 6) is 0.671. The Labute approximate surface area is 49.4 Å². The van der Waals surface area contributed by atoms with Gasteiger partial charge in [-0.25, -0.2) is 0 Å². The number of rotatable bonds is 0. The van der Waals surface area contributed by atoms with Crippen molar-refractivity contribution in [2.24, 2.45) is 0 Å². The van der Waals surface area contributed by atoms with Crippen LogP contribution >= 0.6 is 11.8 Å². The summed E-state index contributed by atoms with van der Waals surface area (Å²) >= 11 is 0.987. The van der Waals surface area contributed by atoms with Gasteiger partial charge in [-0.05, 0) is 12.2 Å². The summed E-state index contributed by atoms with van der Waals surface area (Å²) in [4.78, 5) is 0. The summed E-state index contributed by atoms with van der Waals surface area (Å²) in [5.41, 5.74) is 0. The van der Waals surface area contributed by atoms with Gasteiger partial charge in [0.1, 0.15) is 5.25 Å². The van der Waals surface area contributed by atoms with Crippen molar-refractivity contribution in [1.82, 2.24) is 0 Å². The van der Waals surface area contributed by atoms with E-state index in [2.05, 4.69) is 0 Å². The molecule has 0 saturated carbocycles. The lowest BCUT2D eigenvalue weighted by molar-refractivity contribution is -0.131. The zero-order valence-electron chi connectivity index (χ0n) is 4.03. The fraction of sp³-hybridized carbons (Fsp3) is 1.00. The van der Waals surface area contributed by atoms with Crippen molar-refractivity contribution in [3.63, 3.8) is 0 Å². The molecular formula is C4H5F3S. The summed E-state index contributed by atoms with van der Waals surface area (Å²) in [6, 6.07) is 0. The molecule has 0 bridgehead atoms. The van der Waals surface area contributed by atoms with Gasteiger partial charge in [-0.15, -0.1) is 11.8 Å². The van der Waals surface area contributed by atoms with Crippen molar-refractivity contribution in [3.05, 3.63) is 0 Å².